The molecule has 0 aromatic rings. The minimum Gasteiger partial charge on any atom is -0.415 e. The zero-order chi connectivity index (χ0) is 19.0. The summed E-state index contributed by atoms with van der Waals surface area (Å²) in [7, 11) is -4.30. The zero-order valence-corrected chi connectivity index (χ0v) is 22.0. The lowest BCUT2D eigenvalue weighted by atomic mass is 10.00. The molecule has 0 amide bonds. The third kappa shape index (κ3) is 5.25. The zero-order valence-electron chi connectivity index (χ0n) is 17.0. The minimum absolute atomic E-state index is 0.0250. The molecule has 3 unspecified atom stereocenters. The van der Waals surface area contributed by atoms with Gasteiger partial charge < -0.3 is 9.31 Å². The molecule has 0 aliphatic carbocycles. The number of carbonyl (C=O) groups excluding carboxylic acids is 1. The molecule has 0 radical (unpaired) electrons. The van der Waals surface area contributed by atoms with E-state index in [0.717, 1.165) is 22.7 Å². The molecule has 24 heavy (non-hydrogen) atoms. The van der Waals surface area contributed by atoms with Gasteiger partial charge in [-0.2, -0.15) is 0 Å². The molecular weight excluding hydrogens is 369 g/mol. The first-order chi connectivity index (χ1) is 10.6. The first-order valence-electron chi connectivity index (χ1n) is 8.90. The van der Waals surface area contributed by atoms with Crippen molar-refractivity contribution >= 4 is 40.0 Å². The van der Waals surface area contributed by atoms with E-state index in [-0.39, 0.29) is 5.60 Å². The molecule has 140 valence electrons. The largest absolute Gasteiger partial charge is 0.415 e. The Bertz CT molecular complexity index is 501. The van der Waals surface area contributed by atoms with E-state index in [1.54, 1.807) is 0 Å². The Hall–Kier alpha value is -0.00247. The number of hydrogen-bond acceptors (Lipinski definition) is 4. The molecule has 1 saturated heterocycles. The highest BCUT2D eigenvalue weighted by Gasteiger charge is 2.55. The molecular formula is C16H36O4Si4. The van der Waals surface area contributed by atoms with Crippen molar-refractivity contribution in [2.24, 2.45) is 0 Å². The van der Waals surface area contributed by atoms with Crippen LogP contribution in [0.25, 0.3) is 0 Å². The van der Waals surface area contributed by atoms with Crippen molar-refractivity contribution in [3.63, 3.8) is 0 Å². The summed E-state index contributed by atoms with van der Waals surface area (Å²) in [5.41, 5.74) is 1.22. The molecule has 0 saturated carbocycles. The monoisotopic (exact) mass is 404 g/mol. The van der Waals surface area contributed by atoms with Gasteiger partial charge in [-0.15, -0.1) is 0 Å². The molecule has 3 atom stereocenters. The van der Waals surface area contributed by atoms with Crippen molar-refractivity contribution in [1.29, 1.82) is 0 Å². The molecule has 0 bridgehead atoms. The van der Waals surface area contributed by atoms with E-state index in [1.807, 2.05) is 19.6 Å². The van der Waals surface area contributed by atoms with Crippen molar-refractivity contribution in [3.05, 3.63) is 12.2 Å². The highest BCUT2D eigenvalue weighted by molar-refractivity contribution is 7.39. The molecule has 1 heterocycles. The van der Waals surface area contributed by atoms with Crippen LogP contribution in [-0.4, -0.2) is 45.6 Å². The molecule has 1 aliphatic rings. The normalized spacial score (nSPS) is 31.5. The van der Waals surface area contributed by atoms with Gasteiger partial charge in [-0.3, -0.25) is 0 Å². The maximum absolute atomic E-state index is 12.2. The number of hydrogen-bond donors (Lipinski definition) is 0. The fourth-order valence-corrected chi connectivity index (χ4v) is 14.6. The second-order valence-corrected chi connectivity index (χ2v) is 30.0. The van der Waals surface area contributed by atoms with E-state index >= 15 is 0 Å². The van der Waals surface area contributed by atoms with Gasteiger partial charge in [0.15, 0.2) is 7.83 Å². The lowest BCUT2D eigenvalue weighted by Crippen LogP contribution is -2.67. The first kappa shape index (κ1) is 22.0. The standard InChI is InChI=1S/C16H36O4Si4/c1-13(15(17)18-20-22(4,5)6)12-24(9)11-10-16(3,14(2)21)19-23(24,7)8/h14H,1,10-12H2,2-9,21H3. The van der Waals surface area contributed by atoms with Gasteiger partial charge in [0.25, 0.3) is 0 Å². The number of rotatable bonds is 6. The molecule has 0 aromatic carbocycles. The van der Waals surface area contributed by atoms with Crippen molar-refractivity contribution in [3.8, 4) is 0 Å². The fourth-order valence-electron chi connectivity index (χ4n) is 3.05. The van der Waals surface area contributed by atoms with E-state index in [2.05, 4.69) is 40.1 Å². The van der Waals surface area contributed by atoms with Crippen LogP contribution < -0.4 is 0 Å². The summed E-state index contributed by atoms with van der Waals surface area (Å²) in [5.74, 6) is -0.402. The van der Waals surface area contributed by atoms with Crippen LogP contribution in [0.1, 0.15) is 20.3 Å². The topological polar surface area (TPSA) is 44.8 Å². The highest BCUT2D eigenvalue weighted by atomic mass is 29.3. The smallest absolute Gasteiger partial charge is 0.366 e. The minimum atomic E-state index is -1.88. The molecule has 1 fully saturated rings. The summed E-state index contributed by atoms with van der Waals surface area (Å²) in [6.45, 7) is 21.6. The Kier molecular flexibility index (Phi) is 6.72. The highest BCUT2D eigenvalue weighted by Crippen LogP contribution is 2.45. The van der Waals surface area contributed by atoms with Crippen molar-refractivity contribution < 1.29 is 18.7 Å². The van der Waals surface area contributed by atoms with Crippen LogP contribution in [0.3, 0.4) is 0 Å². The van der Waals surface area contributed by atoms with Crippen molar-refractivity contribution in [1.82, 2.24) is 0 Å². The second-order valence-electron chi connectivity index (χ2n) is 9.49. The summed E-state index contributed by atoms with van der Waals surface area (Å²) in [6, 6.07) is 1.96. The van der Waals surface area contributed by atoms with Crippen LogP contribution in [-0.2, 0) is 18.7 Å². The van der Waals surface area contributed by atoms with E-state index < -0.39 is 29.7 Å². The Balaban J connectivity index is 2.79. The molecule has 0 aromatic heterocycles. The average Bonchev–Trinajstić information content (AvgIpc) is 2.39. The van der Waals surface area contributed by atoms with Crippen LogP contribution in [0.5, 0.6) is 0 Å². The van der Waals surface area contributed by atoms with Gasteiger partial charge in [0.2, 0.25) is 8.32 Å². The molecule has 4 nitrogen and oxygen atoms in total. The summed E-state index contributed by atoms with van der Waals surface area (Å²) in [6.07, 6.45) is 1.10. The van der Waals surface area contributed by atoms with Gasteiger partial charge in [0.05, 0.1) is 13.2 Å². The van der Waals surface area contributed by atoms with Crippen LogP contribution in [0.4, 0.5) is 0 Å². The van der Waals surface area contributed by atoms with E-state index in [1.165, 1.54) is 6.04 Å². The van der Waals surface area contributed by atoms with Crippen molar-refractivity contribution in [2.45, 2.75) is 82.8 Å². The first-order valence-corrected chi connectivity index (χ1v) is 20.3. The molecule has 1 aliphatic heterocycles. The lowest BCUT2D eigenvalue weighted by molar-refractivity contribution is -0.214. The number of carbonyl (C=O) groups is 1. The Morgan fingerprint density at radius 2 is 1.92 bits per heavy atom. The molecule has 1 rings (SSSR count). The summed E-state index contributed by atoms with van der Waals surface area (Å²) < 4.78 is 12.0. The Labute approximate surface area is 153 Å². The molecule has 0 N–H and O–H groups in total. The second kappa shape index (κ2) is 7.32. The van der Waals surface area contributed by atoms with Gasteiger partial charge in [0.1, 0.15) is 0 Å². The van der Waals surface area contributed by atoms with E-state index in [0.29, 0.717) is 11.1 Å². The van der Waals surface area contributed by atoms with Crippen LogP contribution in [0.15, 0.2) is 12.2 Å². The van der Waals surface area contributed by atoms with Gasteiger partial charge in [-0.25, -0.2) is 9.37 Å². The molecule has 0 spiro atoms. The van der Waals surface area contributed by atoms with E-state index in [9.17, 15) is 4.79 Å². The summed E-state index contributed by atoms with van der Waals surface area (Å²) in [4.78, 5) is 17.3. The predicted octanol–water partition coefficient (Wildman–Crippen LogP) is 3.57. The van der Waals surface area contributed by atoms with Gasteiger partial charge in [-0.1, -0.05) is 26.1 Å². The van der Waals surface area contributed by atoms with Gasteiger partial charge >= 0.3 is 5.97 Å². The Morgan fingerprint density at radius 1 is 1.38 bits per heavy atom. The van der Waals surface area contributed by atoms with E-state index in [4.69, 9.17) is 13.9 Å². The van der Waals surface area contributed by atoms with Gasteiger partial charge in [-0.05, 0) is 57.7 Å². The Morgan fingerprint density at radius 3 is 2.33 bits per heavy atom. The maximum Gasteiger partial charge on any atom is 0.366 e. The quantitative estimate of drug-likeness (QED) is 0.294. The van der Waals surface area contributed by atoms with Crippen molar-refractivity contribution in [2.75, 3.05) is 0 Å². The lowest BCUT2D eigenvalue weighted by Gasteiger charge is -2.54. The third-order valence-corrected chi connectivity index (χ3v) is 24.2. The predicted molar refractivity (Wildman–Crippen MR) is 112 cm³/mol. The summed E-state index contributed by atoms with van der Waals surface area (Å²) >= 11 is 0. The SMILES string of the molecule is C=C(C[Si]1(C)CCC(C)(C(C)[SiH3])O[Si]1(C)C)C(=O)OO[Si](C)(C)C. The molecule has 8 heteroatoms. The van der Waals surface area contributed by atoms with Crippen LogP contribution >= 0.6 is 0 Å². The van der Waals surface area contributed by atoms with Crippen LogP contribution in [0, 0.1) is 0 Å². The van der Waals surface area contributed by atoms with Crippen LogP contribution in [0.2, 0.25) is 56.9 Å². The van der Waals surface area contributed by atoms with Gasteiger partial charge in [0, 0.05) is 15.8 Å². The average molecular weight is 405 g/mol. The third-order valence-electron chi connectivity index (χ3n) is 5.60. The fraction of sp³-hybridized carbons (Fsp3) is 0.812. The maximum atomic E-state index is 12.2. The summed E-state index contributed by atoms with van der Waals surface area (Å²) in [5, 5.41) is 0.